The molecule has 0 bridgehead atoms. The number of nitrogens with zero attached hydrogens (tertiary/aromatic N) is 1. The van der Waals surface area contributed by atoms with Gasteiger partial charge in [0, 0.05) is 11.4 Å². The zero-order chi connectivity index (χ0) is 15.8. The van der Waals surface area contributed by atoms with E-state index in [2.05, 4.69) is 41.9 Å². The van der Waals surface area contributed by atoms with Crippen LogP contribution in [0.1, 0.15) is 16.7 Å². The number of hydrogen-bond donors (Lipinski definition) is 1. The lowest BCUT2D eigenvalue weighted by atomic mass is 10.1. The predicted octanol–water partition coefficient (Wildman–Crippen LogP) is 3.62. The minimum absolute atomic E-state index is 0.627. The Morgan fingerprint density at radius 1 is 1.18 bits per heavy atom. The molecule has 0 saturated heterocycles. The first-order chi connectivity index (χ1) is 10.8. The van der Waals surface area contributed by atoms with Gasteiger partial charge >= 0.3 is 0 Å². The number of methoxy groups -OCH3 is 1. The van der Waals surface area contributed by atoms with Crippen LogP contribution in [0.5, 0.6) is 5.75 Å². The standard InChI is InChI=1S/C18H20N2OS/c1-21-17-11-14(12-19)7-8-15(17)9-10-20-13-16-5-3-4-6-18(16)22-2/h3-8,11,20H,9-10,13H2,1-2H3. The molecule has 4 heteroatoms. The lowest BCUT2D eigenvalue weighted by Crippen LogP contribution is -2.17. The number of thioether (sulfide) groups is 1. The minimum atomic E-state index is 0.627. The van der Waals surface area contributed by atoms with Crippen molar-refractivity contribution in [2.75, 3.05) is 19.9 Å². The number of rotatable bonds is 7. The summed E-state index contributed by atoms with van der Waals surface area (Å²) < 4.78 is 5.36. The summed E-state index contributed by atoms with van der Waals surface area (Å²) in [6, 6.07) is 16.2. The maximum absolute atomic E-state index is 8.92. The molecule has 0 aliphatic heterocycles. The van der Waals surface area contributed by atoms with Crippen molar-refractivity contribution < 1.29 is 4.74 Å². The molecule has 0 radical (unpaired) electrons. The summed E-state index contributed by atoms with van der Waals surface area (Å²) in [6.45, 7) is 1.72. The van der Waals surface area contributed by atoms with Gasteiger partial charge in [0.15, 0.2) is 0 Å². The molecule has 0 heterocycles. The van der Waals surface area contributed by atoms with Crippen molar-refractivity contribution >= 4 is 11.8 Å². The Bertz CT molecular complexity index is 664. The molecule has 0 atom stereocenters. The second kappa shape index (κ2) is 8.47. The molecule has 0 amide bonds. The summed E-state index contributed by atoms with van der Waals surface area (Å²) in [7, 11) is 1.64. The smallest absolute Gasteiger partial charge is 0.123 e. The third-order valence-corrected chi connectivity index (χ3v) is 4.33. The highest BCUT2D eigenvalue weighted by Gasteiger charge is 2.05. The van der Waals surface area contributed by atoms with Gasteiger partial charge in [0.25, 0.3) is 0 Å². The topological polar surface area (TPSA) is 45.0 Å². The van der Waals surface area contributed by atoms with Gasteiger partial charge in [-0.25, -0.2) is 0 Å². The molecular formula is C18H20N2OS. The van der Waals surface area contributed by atoms with E-state index in [0.29, 0.717) is 5.56 Å². The van der Waals surface area contributed by atoms with Crippen LogP contribution in [0.25, 0.3) is 0 Å². The lowest BCUT2D eigenvalue weighted by molar-refractivity contribution is 0.409. The highest BCUT2D eigenvalue weighted by atomic mass is 32.2. The summed E-state index contributed by atoms with van der Waals surface area (Å²) in [4.78, 5) is 1.31. The fourth-order valence-electron chi connectivity index (χ4n) is 2.32. The van der Waals surface area contributed by atoms with E-state index in [0.717, 1.165) is 30.8 Å². The molecule has 2 aromatic rings. The van der Waals surface area contributed by atoms with Crippen LogP contribution in [0.15, 0.2) is 47.4 Å². The van der Waals surface area contributed by atoms with E-state index in [1.165, 1.54) is 10.5 Å². The van der Waals surface area contributed by atoms with Crippen LogP contribution < -0.4 is 10.1 Å². The van der Waals surface area contributed by atoms with Gasteiger partial charge in [-0.3, -0.25) is 0 Å². The average molecular weight is 312 g/mol. The molecule has 0 fully saturated rings. The van der Waals surface area contributed by atoms with Crippen LogP contribution in [0.2, 0.25) is 0 Å². The van der Waals surface area contributed by atoms with Crippen molar-refractivity contribution in [3.63, 3.8) is 0 Å². The number of hydrogen-bond acceptors (Lipinski definition) is 4. The van der Waals surface area contributed by atoms with Gasteiger partial charge in [-0.15, -0.1) is 11.8 Å². The molecular weight excluding hydrogens is 292 g/mol. The Morgan fingerprint density at radius 3 is 2.73 bits per heavy atom. The molecule has 1 N–H and O–H groups in total. The molecule has 0 aliphatic rings. The first kappa shape index (κ1) is 16.4. The van der Waals surface area contributed by atoms with Gasteiger partial charge in [-0.2, -0.15) is 5.26 Å². The minimum Gasteiger partial charge on any atom is -0.496 e. The van der Waals surface area contributed by atoms with Gasteiger partial charge in [0.05, 0.1) is 18.7 Å². The van der Waals surface area contributed by atoms with Crippen molar-refractivity contribution in [1.82, 2.24) is 5.32 Å². The first-order valence-corrected chi connectivity index (χ1v) is 8.40. The maximum Gasteiger partial charge on any atom is 0.123 e. The van der Waals surface area contributed by atoms with Gasteiger partial charge in [0.2, 0.25) is 0 Å². The van der Waals surface area contributed by atoms with Crippen molar-refractivity contribution in [2.24, 2.45) is 0 Å². The van der Waals surface area contributed by atoms with E-state index in [-0.39, 0.29) is 0 Å². The molecule has 22 heavy (non-hydrogen) atoms. The van der Waals surface area contributed by atoms with Gasteiger partial charge < -0.3 is 10.1 Å². The van der Waals surface area contributed by atoms with Crippen LogP contribution in [-0.4, -0.2) is 19.9 Å². The highest BCUT2D eigenvalue weighted by molar-refractivity contribution is 7.98. The van der Waals surface area contributed by atoms with Crippen LogP contribution in [0.4, 0.5) is 0 Å². The van der Waals surface area contributed by atoms with E-state index in [9.17, 15) is 0 Å². The second-order valence-electron chi connectivity index (χ2n) is 4.88. The zero-order valence-corrected chi connectivity index (χ0v) is 13.7. The van der Waals surface area contributed by atoms with Crippen molar-refractivity contribution in [3.8, 4) is 11.8 Å². The Hall–Kier alpha value is -1.96. The highest BCUT2D eigenvalue weighted by Crippen LogP contribution is 2.21. The number of benzene rings is 2. The molecule has 0 aliphatic carbocycles. The average Bonchev–Trinajstić information content (AvgIpc) is 2.59. The van der Waals surface area contributed by atoms with Crippen molar-refractivity contribution in [1.29, 1.82) is 5.26 Å². The Morgan fingerprint density at radius 2 is 2.00 bits per heavy atom. The fraction of sp³-hybridized carbons (Fsp3) is 0.278. The van der Waals surface area contributed by atoms with E-state index in [4.69, 9.17) is 10.00 Å². The van der Waals surface area contributed by atoms with Crippen molar-refractivity contribution in [3.05, 3.63) is 59.2 Å². The molecule has 2 aromatic carbocycles. The van der Waals surface area contributed by atoms with Crippen molar-refractivity contribution in [2.45, 2.75) is 17.9 Å². The normalized spacial score (nSPS) is 10.2. The summed E-state index contributed by atoms with van der Waals surface area (Å²) in [6.07, 6.45) is 2.97. The third kappa shape index (κ3) is 4.27. The van der Waals surface area contributed by atoms with Crippen LogP contribution in [0, 0.1) is 11.3 Å². The Labute approximate surface area is 136 Å². The van der Waals surface area contributed by atoms with E-state index >= 15 is 0 Å². The molecule has 0 unspecified atom stereocenters. The Kier molecular flexibility index (Phi) is 6.32. The molecule has 0 saturated carbocycles. The van der Waals surface area contributed by atoms with Gasteiger partial charge in [-0.1, -0.05) is 24.3 Å². The third-order valence-electron chi connectivity index (χ3n) is 3.50. The number of nitrogens with one attached hydrogen (secondary N) is 1. The zero-order valence-electron chi connectivity index (χ0n) is 12.9. The first-order valence-electron chi connectivity index (χ1n) is 7.18. The molecule has 114 valence electrons. The van der Waals surface area contributed by atoms with Gasteiger partial charge in [0.1, 0.15) is 5.75 Å². The van der Waals surface area contributed by atoms with Crippen LogP contribution >= 0.6 is 11.8 Å². The van der Waals surface area contributed by atoms with Crippen LogP contribution in [0.3, 0.4) is 0 Å². The molecule has 2 rings (SSSR count). The largest absolute Gasteiger partial charge is 0.496 e. The SMILES string of the molecule is COc1cc(C#N)ccc1CCNCc1ccccc1SC. The molecule has 0 aromatic heterocycles. The summed E-state index contributed by atoms with van der Waals surface area (Å²) in [5.74, 6) is 0.783. The monoisotopic (exact) mass is 312 g/mol. The second-order valence-corrected chi connectivity index (χ2v) is 5.73. The van der Waals surface area contributed by atoms with E-state index in [1.807, 2.05) is 12.1 Å². The van der Waals surface area contributed by atoms with E-state index < -0.39 is 0 Å². The van der Waals surface area contributed by atoms with E-state index in [1.54, 1.807) is 24.9 Å². The summed E-state index contributed by atoms with van der Waals surface area (Å²) in [5.41, 5.74) is 3.07. The fourth-order valence-corrected chi connectivity index (χ4v) is 2.93. The summed E-state index contributed by atoms with van der Waals surface area (Å²) in [5, 5.41) is 12.4. The molecule has 3 nitrogen and oxygen atoms in total. The predicted molar refractivity (Wildman–Crippen MR) is 91.3 cm³/mol. The Balaban J connectivity index is 1.90. The number of nitriles is 1. The number of ether oxygens (including phenoxy) is 1. The quantitative estimate of drug-likeness (QED) is 0.626. The van der Waals surface area contributed by atoms with Crippen LogP contribution in [-0.2, 0) is 13.0 Å². The van der Waals surface area contributed by atoms with Gasteiger partial charge in [-0.05, 0) is 48.5 Å². The lowest BCUT2D eigenvalue weighted by Gasteiger charge is -2.11. The summed E-state index contributed by atoms with van der Waals surface area (Å²) >= 11 is 1.77. The molecule has 0 spiro atoms. The maximum atomic E-state index is 8.92.